The summed E-state index contributed by atoms with van der Waals surface area (Å²) < 4.78 is 5.03. The molecular weight excluding hydrogens is 130 g/mol. The number of carbonyl (C=O) groups excluding carboxylic acids is 1. The predicted molar refractivity (Wildman–Crippen MR) is 35.2 cm³/mol. The Morgan fingerprint density at radius 3 is 3.00 bits per heavy atom. The number of fused-ring (bicyclic) bond motifs is 1. The SMILES string of the molecule is NC1C(=O)OC2CCCC21. The van der Waals surface area contributed by atoms with Gasteiger partial charge in [-0.2, -0.15) is 0 Å². The average molecular weight is 141 g/mol. The van der Waals surface area contributed by atoms with Crippen LogP contribution in [0.3, 0.4) is 0 Å². The quantitative estimate of drug-likeness (QED) is 0.484. The molecule has 3 nitrogen and oxygen atoms in total. The number of rotatable bonds is 0. The van der Waals surface area contributed by atoms with Gasteiger partial charge in [0.15, 0.2) is 0 Å². The Kier molecular flexibility index (Phi) is 1.20. The predicted octanol–water partition coefficient (Wildman–Crippen LogP) is 0.0392. The lowest BCUT2D eigenvalue weighted by molar-refractivity contribution is -0.142. The zero-order valence-electron chi connectivity index (χ0n) is 5.75. The highest BCUT2D eigenvalue weighted by Crippen LogP contribution is 2.35. The van der Waals surface area contributed by atoms with Gasteiger partial charge in [-0.1, -0.05) is 0 Å². The van der Waals surface area contributed by atoms with Crippen LogP contribution in [0.5, 0.6) is 0 Å². The van der Waals surface area contributed by atoms with Crippen LogP contribution in [0.4, 0.5) is 0 Å². The third-order valence-electron chi connectivity index (χ3n) is 2.50. The minimum atomic E-state index is -0.326. The van der Waals surface area contributed by atoms with Gasteiger partial charge in [0, 0.05) is 5.92 Å². The molecule has 0 spiro atoms. The van der Waals surface area contributed by atoms with Crippen molar-refractivity contribution in [2.45, 2.75) is 31.4 Å². The highest BCUT2D eigenvalue weighted by Gasteiger charge is 2.44. The minimum absolute atomic E-state index is 0.155. The first-order valence-corrected chi connectivity index (χ1v) is 3.75. The fourth-order valence-electron chi connectivity index (χ4n) is 1.91. The summed E-state index contributed by atoms with van der Waals surface area (Å²) >= 11 is 0. The van der Waals surface area contributed by atoms with Crippen LogP contribution in [0, 0.1) is 5.92 Å². The first kappa shape index (κ1) is 6.16. The first-order chi connectivity index (χ1) is 4.79. The van der Waals surface area contributed by atoms with Gasteiger partial charge in [0.2, 0.25) is 0 Å². The maximum Gasteiger partial charge on any atom is 0.323 e. The number of hydrogen-bond donors (Lipinski definition) is 1. The number of hydrogen-bond acceptors (Lipinski definition) is 3. The Morgan fingerprint density at radius 1 is 1.50 bits per heavy atom. The minimum Gasteiger partial charge on any atom is -0.461 e. The lowest BCUT2D eigenvalue weighted by Crippen LogP contribution is -2.31. The summed E-state index contributed by atoms with van der Waals surface area (Å²) in [4.78, 5) is 10.8. The zero-order chi connectivity index (χ0) is 7.14. The molecule has 0 bridgehead atoms. The largest absolute Gasteiger partial charge is 0.461 e. The number of esters is 1. The Labute approximate surface area is 59.5 Å². The van der Waals surface area contributed by atoms with E-state index in [0.29, 0.717) is 5.92 Å². The lowest BCUT2D eigenvalue weighted by Gasteiger charge is -2.06. The van der Waals surface area contributed by atoms with Gasteiger partial charge in [-0.05, 0) is 19.3 Å². The molecule has 1 aliphatic carbocycles. The van der Waals surface area contributed by atoms with Crippen LogP contribution in [-0.4, -0.2) is 18.1 Å². The molecule has 0 radical (unpaired) electrons. The van der Waals surface area contributed by atoms with Crippen molar-refractivity contribution in [1.29, 1.82) is 0 Å². The standard InChI is InChI=1S/C7H11NO2/c8-6-4-2-1-3-5(4)10-7(6)9/h4-6H,1-3,8H2. The molecule has 3 unspecified atom stereocenters. The van der Waals surface area contributed by atoms with E-state index in [0.717, 1.165) is 19.3 Å². The Morgan fingerprint density at radius 2 is 2.30 bits per heavy atom. The first-order valence-electron chi connectivity index (χ1n) is 3.75. The van der Waals surface area contributed by atoms with E-state index in [-0.39, 0.29) is 18.1 Å². The Hall–Kier alpha value is -0.570. The van der Waals surface area contributed by atoms with Crippen LogP contribution < -0.4 is 5.73 Å². The number of carbonyl (C=O) groups is 1. The average Bonchev–Trinajstić information content (AvgIpc) is 2.41. The third-order valence-corrected chi connectivity index (χ3v) is 2.50. The summed E-state index contributed by atoms with van der Waals surface area (Å²) in [6, 6.07) is -0.326. The van der Waals surface area contributed by atoms with Gasteiger partial charge in [0.05, 0.1) is 0 Å². The summed E-state index contributed by atoms with van der Waals surface area (Å²) in [5.41, 5.74) is 5.59. The molecule has 0 aromatic carbocycles. The smallest absolute Gasteiger partial charge is 0.323 e. The summed E-state index contributed by atoms with van der Waals surface area (Å²) in [6.45, 7) is 0. The molecule has 2 fully saturated rings. The van der Waals surface area contributed by atoms with Crippen molar-refractivity contribution in [1.82, 2.24) is 0 Å². The van der Waals surface area contributed by atoms with Gasteiger partial charge in [-0.25, -0.2) is 0 Å². The molecule has 0 aromatic heterocycles. The van der Waals surface area contributed by atoms with E-state index in [1.54, 1.807) is 0 Å². The van der Waals surface area contributed by atoms with Crippen molar-refractivity contribution in [2.24, 2.45) is 11.7 Å². The van der Waals surface area contributed by atoms with Crippen molar-refractivity contribution < 1.29 is 9.53 Å². The second-order valence-electron chi connectivity index (χ2n) is 3.10. The van der Waals surface area contributed by atoms with Crippen LogP contribution >= 0.6 is 0 Å². The van der Waals surface area contributed by atoms with Gasteiger partial charge in [0.1, 0.15) is 12.1 Å². The lowest BCUT2D eigenvalue weighted by atomic mass is 10.0. The van der Waals surface area contributed by atoms with Gasteiger partial charge < -0.3 is 10.5 Å². The van der Waals surface area contributed by atoms with Crippen molar-refractivity contribution in [3.63, 3.8) is 0 Å². The Bertz CT molecular complexity index is 169. The third kappa shape index (κ3) is 0.669. The number of ether oxygens (including phenoxy) is 1. The van der Waals surface area contributed by atoms with E-state index in [9.17, 15) is 4.79 Å². The van der Waals surface area contributed by atoms with Crippen molar-refractivity contribution >= 4 is 5.97 Å². The van der Waals surface area contributed by atoms with E-state index in [4.69, 9.17) is 10.5 Å². The maximum atomic E-state index is 10.8. The molecule has 3 atom stereocenters. The van der Waals surface area contributed by atoms with E-state index >= 15 is 0 Å². The van der Waals surface area contributed by atoms with Crippen molar-refractivity contribution in [2.75, 3.05) is 0 Å². The van der Waals surface area contributed by atoms with Gasteiger partial charge >= 0.3 is 5.97 Å². The fourth-order valence-corrected chi connectivity index (χ4v) is 1.91. The van der Waals surface area contributed by atoms with E-state index < -0.39 is 0 Å². The van der Waals surface area contributed by atoms with E-state index in [1.807, 2.05) is 0 Å². The second-order valence-corrected chi connectivity index (χ2v) is 3.10. The fraction of sp³-hybridized carbons (Fsp3) is 0.857. The van der Waals surface area contributed by atoms with Gasteiger partial charge in [0.25, 0.3) is 0 Å². The Balaban J connectivity index is 2.16. The summed E-state index contributed by atoms with van der Waals surface area (Å²) in [7, 11) is 0. The van der Waals surface area contributed by atoms with Gasteiger partial charge in [-0.15, -0.1) is 0 Å². The monoisotopic (exact) mass is 141 g/mol. The topological polar surface area (TPSA) is 52.3 Å². The molecule has 0 amide bonds. The summed E-state index contributed by atoms with van der Waals surface area (Å²) in [5.74, 6) is 0.127. The van der Waals surface area contributed by atoms with E-state index in [1.165, 1.54) is 0 Å². The molecule has 1 saturated carbocycles. The second kappa shape index (κ2) is 1.95. The molecule has 56 valence electrons. The van der Waals surface area contributed by atoms with Crippen LogP contribution in [0.15, 0.2) is 0 Å². The number of nitrogens with two attached hydrogens (primary N) is 1. The molecule has 1 saturated heterocycles. The van der Waals surface area contributed by atoms with Crippen LogP contribution in [0.1, 0.15) is 19.3 Å². The molecule has 2 rings (SSSR count). The normalized spacial score (nSPS) is 45.3. The molecule has 3 heteroatoms. The van der Waals surface area contributed by atoms with Crippen molar-refractivity contribution in [3.05, 3.63) is 0 Å². The highest BCUT2D eigenvalue weighted by atomic mass is 16.6. The maximum absolute atomic E-state index is 10.8. The molecular formula is C7H11NO2. The summed E-state index contributed by atoms with van der Waals surface area (Å²) in [5, 5.41) is 0. The molecule has 2 N–H and O–H groups in total. The molecule has 10 heavy (non-hydrogen) atoms. The van der Waals surface area contributed by atoms with Crippen LogP contribution in [0.2, 0.25) is 0 Å². The van der Waals surface area contributed by atoms with Crippen molar-refractivity contribution in [3.8, 4) is 0 Å². The van der Waals surface area contributed by atoms with Crippen LogP contribution in [0.25, 0.3) is 0 Å². The van der Waals surface area contributed by atoms with E-state index in [2.05, 4.69) is 0 Å². The summed E-state index contributed by atoms with van der Waals surface area (Å²) in [6.07, 6.45) is 3.40. The zero-order valence-corrected chi connectivity index (χ0v) is 5.75. The molecule has 0 aromatic rings. The highest BCUT2D eigenvalue weighted by molar-refractivity contribution is 5.78. The molecule has 1 aliphatic heterocycles. The van der Waals surface area contributed by atoms with Gasteiger partial charge in [-0.3, -0.25) is 4.79 Å². The molecule has 2 aliphatic rings. The molecule has 1 heterocycles. The van der Waals surface area contributed by atoms with Crippen LogP contribution in [-0.2, 0) is 9.53 Å².